The van der Waals surface area contributed by atoms with E-state index in [9.17, 15) is 0 Å². The number of hydrogen-bond donors (Lipinski definition) is 4. The fraction of sp³-hybridized carbons (Fsp3) is 1.00. The van der Waals surface area contributed by atoms with E-state index in [1.165, 1.54) is 51.6 Å². The fourth-order valence-electron chi connectivity index (χ4n) is 6.36. The highest BCUT2D eigenvalue weighted by Gasteiger charge is 2.38. The van der Waals surface area contributed by atoms with Gasteiger partial charge in [0, 0.05) is 34.2 Å². The normalized spacial score (nSPS) is 26.2. The first-order valence-electron chi connectivity index (χ1n) is 12.4. The molecule has 0 aromatic rings. The van der Waals surface area contributed by atoms with E-state index < -0.39 is 0 Å². The van der Waals surface area contributed by atoms with Crippen molar-refractivity contribution in [3.8, 4) is 0 Å². The van der Waals surface area contributed by atoms with E-state index in [0.717, 1.165) is 13.1 Å². The van der Waals surface area contributed by atoms with Crippen molar-refractivity contribution in [3.63, 3.8) is 0 Å². The van der Waals surface area contributed by atoms with Crippen LogP contribution in [0.2, 0.25) is 0 Å². The van der Waals surface area contributed by atoms with Gasteiger partial charge >= 0.3 is 0 Å². The minimum Gasteiger partial charge on any atom is -0.314 e. The van der Waals surface area contributed by atoms with Crippen molar-refractivity contribution in [1.82, 2.24) is 26.2 Å². The molecule has 2 rings (SSSR count). The van der Waals surface area contributed by atoms with Crippen LogP contribution in [0.1, 0.15) is 93.9 Å². The zero-order valence-corrected chi connectivity index (χ0v) is 21.7. The van der Waals surface area contributed by atoms with E-state index >= 15 is 0 Å². The lowest BCUT2D eigenvalue weighted by molar-refractivity contribution is 0.145. The van der Waals surface area contributed by atoms with E-state index in [1.54, 1.807) is 0 Å². The van der Waals surface area contributed by atoms with Crippen molar-refractivity contribution >= 4 is 0 Å². The van der Waals surface area contributed by atoms with Crippen molar-refractivity contribution < 1.29 is 0 Å². The topological polar surface area (TPSA) is 51.4 Å². The molecular weight excluding hydrogens is 370 g/mol. The third-order valence-electron chi connectivity index (χ3n) is 6.68. The average molecular weight is 424 g/mol. The lowest BCUT2D eigenvalue weighted by atomic mass is 9.79. The van der Waals surface area contributed by atoms with Crippen LogP contribution in [-0.2, 0) is 0 Å². The Balaban J connectivity index is 1.56. The Labute approximate surface area is 187 Å². The van der Waals surface area contributed by atoms with Crippen molar-refractivity contribution in [1.29, 1.82) is 0 Å². The summed E-state index contributed by atoms with van der Waals surface area (Å²) in [4.78, 5) is 2.50. The highest BCUT2D eigenvalue weighted by molar-refractivity contribution is 5.00. The Kier molecular flexibility index (Phi) is 8.83. The molecule has 2 heterocycles. The van der Waals surface area contributed by atoms with Gasteiger partial charge in [0.2, 0.25) is 0 Å². The monoisotopic (exact) mass is 423 g/mol. The zero-order valence-electron chi connectivity index (χ0n) is 21.7. The third-order valence-corrected chi connectivity index (χ3v) is 6.68. The van der Waals surface area contributed by atoms with Crippen molar-refractivity contribution in [2.45, 2.75) is 128 Å². The summed E-state index contributed by atoms with van der Waals surface area (Å²) in [6, 6.07) is 1.26. The Hall–Kier alpha value is -0.200. The van der Waals surface area contributed by atoms with Gasteiger partial charge in [-0.25, -0.2) is 0 Å². The summed E-state index contributed by atoms with van der Waals surface area (Å²) in [7, 11) is 2.27. The van der Waals surface area contributed by atoms with E-state index in [2.05, 4.69) is 88.6 Å². The molecule has 0 bridgehead atoms. The van der Waals surface area contributed by atoms with Gasteiger partial charge < -0.3 is 26.2 Å². The molecule has 0 aliphatic carbocycles. The van der Waals surface area contributed by atoms with Gasteiger partial charge in [-0.2, -0.15) is 0 Å². The van der Waals surface area contributed by atoms with Gasteiger partial charge in [-0.05, 0) is 127 Å². The second kappa shape index (κ2) is 10.2. The van der Waals surface area contributed by atoms with Crippen molar-refractivity contribution in [2.24, 2.45) is 0 Å². The minimum atomic E-state index is 0.224. The lowest BCUT2D eigenvalue weighted by Crippen LogP contribution is -2.61. The molecule has 5 heteroatoms. The molecule has 0 amide bonds. The van der Waals surface area contributed by atoms with Crippen LogP contribution in [0.5, 0.6) is 0 Å². The molecule has 0 saturated carbocycles. The van der Waals surface area contributed by atoms with E-state index in [4.69, 9.17) is 0 Å². The summed E-state index contributed by atoms with van der Waals surface area (Å²) in [5.74, 6) is 0. The molecule has 2 saturated heterocycles. The Morgan fingerprint density at radius 2 is 0.933 bits per heavy atom. The van der Waals surface area contributed by atoms with E-state index in [-0.39, 0.29) is 22.2 Å². The SMILES string of the molecule is CN(CCCNC1CC(C)(C)NC(C)(C)C1)CCCNC1CC(C)(C)NC(C)(C)C1. The van der Waals surface area contributed by atoms with Crippen LogP contribution in [0.3, 0.4) is 0 Å². The Morgan fingerprint density at radius 1 is 0.633 bits per heavy atom. The highest BCUT2D eigenvalue weighted by atomic mass is 15.1. The first-order valence-corrected chi connectivity index (χ1v) is 12.4. The number of nitrogens with zero attached hydrogens (tertiary/aromatic N) is 1. The summed E-state index contributed by atoms with van der Waals surface area (Å²) in [5.41, 5.74) is 0.897. The zero-order chi connectivity index (χ0) is 22.6. The standard InChI is InChI=1S/C25H53N5/c1-22(2)16-20(17-23(3,4)28-22)26-12-10-14-30(9)15-11-13-27-21-18-24(5,6)29-25(7,8)19-21/h20-21,26-29H,10-19H2,1-9H3. The van der Waals surface area contributed by atoms with Crippen LogP contribution >= 0.6 is 0 Å². The summed E-state index contributed by atoms with van der Waals surface area (Å²) >= 11 is 0. The van der Waals surface area contributed by atoms with Gasteiger partial charge in [-0.15, -0.1) is 0 Å². The van der Waals surface area contributed by atoms with Crippen LogP contribution in [0.25, 0.3) is 0 Å². The summed E-state index contributed by atoms with van der Waals surface area (Å²) < 4.78 is 0. The molecule has 0 atom stereocenters. The number of hydrogen-bond acceptors (Lipinski definition) is 5. The molecule has 0 unspecified atom stereocenters. The molecule has 0 aromatic heterocycles. The quantitative estimate of drug-likeness (QED) is 0.405. The molecule has 2 aliphatic heterocycles. The van der Waals surface area contributed by atoms with Gasteiger partial charge in [-0.1, -0.05) is 0 Å². The average Bonchev–Trinajstić information content (AvgIpc) is 2.50. The second-order valence-electron chi connectivity index (χ2n) is 12.9. The van der Waals surface area contributed by atoms with Crippen molar-refractivity contribution in [3.05, 3.63) is 0 Å². The van der Waals surface area contributed by atoms with Crippen molar-refractivity contribution in [2.75, 3.05) is 33.2 Å². The van der Waals surface area contributed by atoms with Gasteiger partial charge in [-0.3, -0.25) is 0 Å². The van der Waals surface area contributed by atoms with Gasteiger partial charge in [0.25, 0.3) is 0 Å². The summed E-state index contributed by atoms with van der Waals surface area (Å²) in [5, 5.41) is 15.2. The van der Waals surface area contributed by atoms with E-state index in [1.807, 2.05) is 0 Å². The van der Waals surface area contributed by atoms with Crippen LogP contribution in [-0.4, -0.2) is 72.4 Å². The Bertz CT molecular complexity index is 448. The molecule has 4 N–H and O–H groups in total. The van der Waals surface area contributed by atoms with Crippen LogP contribution in [0.4, 0.5) is 0 Å². The van der Waals surface area contributed by atoms with Crippen LogP contribution in [0, 0.1) is 0 Å². The first-order chi connectivity index (χ1) is 13.7. The minimum absolute atomic E-state index is 0.224. The largest absolute Gasteiger partial charge is 0.314 e. The number of piperidine rings is 2. The summed E-state index contributed by atoms with van der Waals surface area (Å²) in [6.07, 6.45) is 7.30. The molecule has 0 radical (unpaired) electrons. The molecule has 2 aliphatic rings. The number of nitrogens with one attached hydrogen (secondary N) is 4. The maximum Gasteiger partial charge on any atom is 0.0144 e. The van der Waals surface area contributed by atoms with Crippen LogP contribution < -0.4 is 21.3 Å². The maximum atomic E-state index is 3.83. The molecule has 30 heavy (non-hydrogen) atoms. The van der Waals surface area contributed by atoms with Gasteiger partial charge in [0.15, 0.2) is 0 Å². The predicted molar refractivity (Wildman–Crippen MR) is 131 cm³/mol. The predicted octanol–water partition coefficient (Wildman–Crippen LogP) is 3.50. The molecule has 0 aromatic carbocycles. The molecule has 2 fully saturated rings. The first kappa shape index (κ1) is 26.1. The molecule has 178 valence electrons. The Morgan fingerprint density at radius 3 is 1.23 bits per heavy atom. The second-order valence-corrected chi connectivity index (χ2v) is 12.9. The third kappa shape index (κ3) is 9.52. The highest BCUT2D eigenvalue weighted by Crippen LogP contribution is 2.29. The van der Waals surface area contributed by atoms with E-state index in [0.29, 0.717) is 12.1 Å². The van der Waals surface area contributed by atoms with Gasteiger partial charge in [0.05, 0.1) is 0 Å². The smallest absolute Gasteiger partial charge is 0.0144 e. The van der Waals surface area contributed by atoms with Gasteiger partial charge in [0.1, 0.15) is 0 Å². The summed E-state index contributed by atoms with van der Waals surface area (Å²) in [6.45, 7) is 23.2. The molecule has 5 nitrogen and oxygen atoms in total. The molecular formula is C25H53N5. The lowest BCUT2D eigenvalue weighted by Gasteiger charge is -2.46. The maximum absolute atomic E-state index is 3.83. The van der Waals surface area contributed by atoms with Crippen LogP contribution in [0.15, 0.2) is 0 Å². The number of rotatable bonds is 10. The molecule has 0 spiro atoms. The fourth-order valence-corrected chi connectivity index (χ4v) is 6.36.